The molecule has 0 spiro atoms. The predicted molar refractivity (Wildman–Crippen MR) is 108 cm³/mol. The molecule has 3 atom stereocenters. The van der Waals surface area contributed by atoms with Crippen molar-refractivity contribution >= 4 is 17.5 Å². The lowest BCUT2D eigenvalue weighted by molar-refractivity contribution is -0.153. The molecular formula is C21H30FN3O5. The van der Waals surface area contributed by atoms with Crippen LogP contribution in [0, 0.1) is 5.82 Å². The Morgan fingerprint density at radius 3 is 2.60 bits per heavy atom. The molecule has 2 aliphatic heterocycles. The molecule has 2 heterocycles. The molecule has 0 bridgehead atoms. The summed E-state index contributed by atoms with van der Waals surface area (Å²) in [7, 11) is 0. The minimum Gasteiger partial charge on any atom is -0.393 e. The van der Waals surface area contributed by atoms with Crippen molar-refractivity contribution in [3.05, 3.63) is 29.6 Å². The van der Waals surface area contributed by atoms with Crippen molar-refractivity contribution in [1.29, 1.82) is 0 Å². The molecule has 0 saturated carbocycles. The van der Waals surface area contributed by atoms with E-state index in [0.29, 0.717) is 31.5 Å². The number of piperidine rings is 1. The lowest BCUT2D eigenvalue weighted by atomic mass is 10.0. The Kier molecular flexibility index (Phi) is 7.27. The van der Waals surface area contributed by atoms with Gasteiger partial charge in [0.2, 0.25) is 0 Å². The van der Waals surface area contributed by atoms with Crippen molar-refractivity contribution in [2.75, 3.05) is 37.7 Å². The van der Waals surface area contributed by atoms with Crippen LogP contribution in [0.2, 0.25) is 0 Å². The molecule has 30 heavy (non-hydrogen) atoms. The van der Waals surface area contributed by atoms with Crippen LogP contribution in [0.15, 0.2) is 18.2 Å². The number of hydrogen-bond acceptors (Lipinski definition) is 6. The maximum absolute atomic E-state index is 14.0. The smallest absolute Gasteiger partial charge is 0.312 e. The van der Waals surface area contributed by atoms with Crippen LogP contribution < -0.4 is 10.2 Å². The molecule has 0 aliphatic carbocycles. The highest BCUT2D eigenvalue weighted by Crippen LogP contribution is 2.29. The van der Waals surface area contributed by atoms with Gasteiger partial charge in [0.25, 0.3) is 0 Å². The number of nitrogens with zero attached hydrogens (tertiary/aromatic N) is 2. The first-order valence-corrected chi connectivity index (χ1v) is 10.4. The number of nitrogens with one attached hydrogen (secondary N) is 1. The molecule has 2 saturated heterocycles. The van der Waals surface area contributed by atoms with Gasteiger partial charge >= 0.3 is 11.8 Å². The average molecular weight is 423 g/mol. The van der Waals surface area contributed by atoms with E-state index >= 15 is 0 Å². The SMILES string of the molecule is CC(NC(=O)C(=O)N1CCOC(C(C)O)C1)c1cc(F)ccc1N1CCC(O)CC1. The number of aliphatic hydroxyl groups is 2. The Hall–Kier alpha value is -2.23. The van der Waals surface area contributed by atoms with Gasteiger partial charge in [0.1, 0.15) is 11.9 Å². The van der Waals surface area contributed by atoms with Gasteiger partial charge in [0, 0.05) is 37.4 Å². The van der Waals surface area contributed by atoms with Crippen molar-refractivity contribution < 1.29 is 28.9 Å². The first kappa shape index (κ1) is 22.5. The molecule has 2 aliphatic rings. The second kappa shape index (κ2) is 9.72. The summed E-state index contributed by atoms with van der Waals surface area (Å²) in [5, 5.41) is 22.1. The monoisotopic (exact) mass is 423 g/mol. The zero-order chi connectivity index (χ0) is 21.8. The molecule has 0 radical (unpaired) electrons. The van der Waals surface area contributed by atoms with Crippen LogP contribution >= 0.6 is 0 Å². The zero-order valence-corrected chi connectivity index (χ0v) is 17.4. The van der Waals surface area contributed by atoms with E-state index in [4.69, 9.17) is 4.74 Å². The number of aliphatic hydroxyl groups excluding tert-OH is 2. The number of halogens is 1. The Labute approximate surface area is 175 Å². The summed E-state index contributed by atoms with van der Waals surface area (Å²) in [6.45, 7) is 5.21. The van der Waals surface area contributed by atoms with Crippen LogP contribution in [0.25, 0.3) is 0 Å². The molecule has 8 nitrogen and oxygen atoms in total. The van der Waals surface area contributed by atoms with Crippen LogP contribution in [0.5, 0.6) is 0 Å². The van der Waals surface area contributed by atoms with Gasteiger partial charge < -0.3 is 30.1 Å². The summed E-state index contributed by atoms with van der Waals surface area (Å²) in [6, 6.07) is 3.82. The summed E-state index contributed by atoms with van der Waals surface area (Å²) in [5.74, 6) is -1.90. The van der Waals surface area contributed by atoms with E-state index < -0.39 is 35.9 Å². The van der Waals surface area contributed by atoms with E-state index in [1.54, 1.807) is 19.9 Å². The minimum absolute atomic E-state index is 0.139. The molecular weight excluding hydrogens is 393 g/mol. The number of morpholine rings is 1. The van der Waals surface area contributed by atoms with Gasteiger partial charge in [-0.25, -0.2) is 4.39 Å². The van der Waals surface area contributed by atoms with E-state index in [1.807, 2.05) is 0 Å². The molecule has 3 N–H and O–H groups in total. The van der Waals surface area contributed by atoms with E-state index in [2.05, 4.69) is 10.2 Å². The Bertz CT molecular complexity index is 767. The summed E-state index contributed by atoms with van der Waals surface area (Å²) < 4.78 is 19.4. The fourth-order valence-electron chi connectivity index (χ4n) is 3.90. The Morgan fingerprint density at radius 2 is 1.93 bits per heavy atom. The third-order valence-electron chi connectivity index (χ3n) is 5.72. The predicted octanol–water partition coefficient (Wildman–Crippen LogP) is 0.572. The summed E-state index contributed by atoms with van der Waals surface area (Å²) >= 11 is 0. The van der Waals surface area contributed by atoms with Gasteiger partial charge in [-0.1, -0.05) is 0 Å². The van der Waals surface area contributed by atoms with Crippen LogP contribution in [0.1, 0.15) is 38.3 Å². The van der Waals surface area contributed by atoms with E-state index in [-0.39, 0.29) is 25.8 Å². The highest BCUT2D eigenvalue weighted by atomic mass is 19.1. The number of carbonyl (C=O) groups excluding carboxylic acids is 2. The zero-order valence-electron chi connectivity index (χ0n) is 17.4. The normalized spacial score (nSPS) is 22.5. The topological polar surface area (TPSA) is 102 Å². The lowest BCUT2D eigenvalue weighted by Crippen LogP contribution is -2.53. The molecule has 1 aromatic rings. The largest absolute Gasteiger partial charge is 0.393 e. The number of anilines is 1. The van der Waals surface area contributed by atoms with E-state index in [0.717, 1.165) is 5.69 Å². The van der Waals surface area contributed by atoms with Gasteiger partial charge in [0.05, 0.1) is 24.9 Å². The van der Waals surface area contributed by atoms with Crippen molar-refractivity contribution in [3.8, 4) is 0 Å². The third kappa shape index (κ3) is 5.27. The highest BCUT2D eigenvalue weighted by Gasteiger charge is 2.31. The molecule has 2 fully saturated rings. The molecule has 3 rings (SSSR count). The van der Waals surface area contributed by atoms with Crippen molar-refractivity contribution in [3.63, 3.8) is 0 Å². The Morgan fingerprint density at radius 1 is 1.23 bits per heavy atom. The molecule has 0 aromatic heterocycles. The second-order valence-corrected chi connectivity index (χ2v) is 8.02. The van der Waals surface area contributed by atoms with Crippen molar-refractivity contribution in [2.24, 2.45) is 0 Å². The third-order valence-corrected chi connectivity index (χ3v) is 5.72. The number of ether oxygens (including phenoxy) is 1. The van der Waals surface area contributed by atoms with Crippen LogP contribution in [0.3, 0.4) is 0 Å². The van der Waals surface area contributed by atoms with Gasteiger partial charge in [-0.15, -0.1) is 0 Å². The minimum atomic E-state index is -0.780. The molecule has 3 unspecified atom stereocenters. The molecule has 1 aromatic carbocycles. The van der Waals surface area contributed by atoms with Crippen LogP contribution in [-0.4, -0.2) is 78.0 Å². The summed E-state index contributed by atoms with van der Waals surface area (Å²) in [4.78, 5) is 28.6. The second-order valence-electron chi connectivity index (χ2n) is 8.02. The van der Waals surface area contributed by atoms with Crippen molar-refractivity contribution in [1.82, 2.24) is 10.2 Å². The van der Waals surface area contributed by atoms with E-state index in [1.165, 1.54) is 17.0 Å². The Balaban J connectivity index is 1.69. The maximum atomic E-state index is 14.0. The molecule has 166 valence electrons. The quantitative estimate of drug-likeness (QED) is 0.612. The summed E-state index contributed by atoms with van der Waals surface area (Å²) in [5.41, 5.74) is 1.36. The number of rotatable bonds is 4. The van der Waals surface area contributed by atoms with Gasteiger partial charge in [-0.05, 0) is 44.9 Å². The average Bonchev–Trinajstić information content (AvgIpc) is 2.73. The van der Waals surface area contributed by atoms with Gasteiger partial charge in [-0.2, -0.15) is 0 Å². The van der Waals surface area contributed by atoms with Crippen LogP contribution in [-0.2, 0) is 14.3 Å². The summed E-state index contributed by atoms with van der Waals surface area (Å²) in [6.07, 6.45) is -0.369. The number of benzene rings is 1. The molecule has 9 heteroatoms. The van der Waals surface area contributed by atoms with E-state index in [9.17, 15) is 24.2 Å². The number of hydrogen-bond donors (Lipinski definition) is 3. The maximum Gasteiger partial charge on any atom is 0.312 e. The fraction of sp³-hybridized carbons (Fsp3) is 0.619. The van der Waals surface area contributed by atoms with Gasteiger partial charge in [0.15, 0.2) is 0 Å². The highest BCUT2D eigenvalue weighted by molar-refractivity contribution is 6.35. The fourth-order valence-corrected chi connectivity index (χ4v) is 3.90. The number of amides is 2. The standard InChI is InChI=1S/C21H30FN3O5/c1-13(23-20(28)21(29)25-9-10-30-19(12-25)14(2)26)17-11-15(22)3-4-18(17)24-7-5-16(27)6-8-24/h3-4,11,13-14,16,19,26-27H,5-10,12H2,1-2H3,(H,23,28). The lowest BCUT2D eigenvalue weighted by Gasteiger charge is -2.35. The first-order valence-electron chi connectivity index (χ1n) is 10.4. The van der Waals surface area contributed by atoms with Crippen molar-refractivity contribution in [2.45, 2.75) is 51.0 Å². The first-order chi connectivity index (χ1) is 14.3. The van der Waals surface area contributed by atoms with Gasteiger partial charge in [-0.3, -0.25) is 9.59 Å². The molecule has 2 amide bonds. The number of carbonyl (C=O) groups is 2. The van der Waals surface area contributed by atoms with Crippen LogP contribution in [0.4, 0.5) is 10.1 Å².